The van der Waals surface area contributed by atoms with E-state index in [0.29, 0.717) is 0 Å². The lowest BCUT2D eigenvalue weighted by atomic mass is 10.2. The molecule has 1 N–H and O–H groups in total. The summed E-state index contributed by atoms with van der Waals surface area (Å²) in [4.78, 5) is 45.4. The van der Waals surface area contributed by atoms with Gasteiger partial charge in [-0.05, 0) is 18.2 Å². The number of aryl methyl sites for hydroxylation is 1. The molecule has 1 heterocycles. The molecule has 0 bridgehead atoms. The number of nitro benzene ring substituents is 1. The first kappa shape index (κ1) is 16.9. The van der Waals surface area contributed by atoms with Gasteiger partial charge in [0, 0.05) is 19.3 Å². The maximum atomic E-state index is 11.8. The fourth-order valence-corrected chi connectivity index (χ4v) is 1.94. The van der Waals surface area contributed by atoms with E-state index < -0.39 is 35.0 Å². The van der Waals surface area contributed by atoms with Crippen LogP contribution in [-0.4, -0.2) is 33.9 Å². The number of carbonyl (C=O) groups is 3. The highest BCUT2D eigenvalue weighted by molar-refractivity contribution is 6.04. The summed E-state index contributed by atoms with van der Waals surface area (Å²) < 4.78 is 6.23. The van der Waals surface area contributed by atoms with Crippen molar-refractivity contribution < 1.29 is 24.0 Å². The zero-order chi connectivity index (χ0) is 17.7. The summed E-state index contributed by atoms with van der Waals surface area (Å²) in [5, 5.41) is 12.9. The van der Waals surface area contributed by atoms with Crippen LogP contribution >= 0.6 is 0 Å². The van der Waals surface area contributed by atoms with Crippen molar-refractivity contribution in [1.29, 1.82) is 0 Å². The van der Waals surface area contributed by atoms with Gasteiger partial charge >= 0.3 is 5.97 Å². The lowest BCUT2D eigenvalue weighted by Crippen LogP contribution is -2.35. The van der Waals surface area contributed by atoms with Gasteiger partial charge in [-0.2, -0.15) is 0 Å². The molecular formula is C15H13N3O6. The molecule has 124 valence electrons. The smallest absolute Gasteiger partial charge is 0.345 e. The number of nitrogens with one attached hydrogen (secondary N) is 1. The summed E-state index contributed by atoms with van der Waals surface area (Å²) >= 11 is 0. The molecule has 1 aromatic heterocycles. The van der Waals surface area contributed by atoms with E-state index in [4.69, 9.17) is 4.74 Å². The summed E-state index contributed by atoms with van der Waals surface area (Å²) in [6.07, 6.45) is 1.63. The highest BCUT2D eigenvalue weighted by atomic mass is 16.6. The molecule has 0 unspecified atom stereocenters. The number of esters is 1. The molecule has 9 nitrogen and oxygen atoms in total. The van der Waals surface area contributed by atoms with Crippen LogP contribution in [-0.2, 0) is 16.6 Å². The van der Waals surface area contributed by atoms with Crippen LogP contribution in [0.25, 0.3) is 0 Å². The van der Waals surface area contributed by atoms with Crippen molar-refractivity contribution in [1.82, 2.24) is 9.88 Å². The van der Waals surface area contributed by atoms with Gasteiger partial charge in [-0.25, -0.2) is 4.79 Å². The Hall–Kier alpha value is -3.49. The normalized spacial score (nSPS) is 10.0. The molecule has 0 aliphatic carbocycles. The number of nitro groups is 1. The third-order valence-corrected chi connectivity index (χ3v) is 3.08. The first-order chi connectivity index (χ1) is 11.4. The summed E-state index contributed by atoms with van der Waals surface area (Å²) in [6.45, 7) is -0.735. The van der Waals surface area contributed by atoms with Crippen molar-refractivity contribution >= 4 is 23.5 Å². The van der Waals surface area contributed by atoms with E-state index in [1.807, 2.05) is 0 Å². The van der Waals surface area contributed by atoms with Gasteiger partial charge in [-0.15, -0.1) is 0 Å². The van der Waals surface area contributed by atoms with Crippen LogP contribution in [0.4, 0.5) is 5.69 Å². The number of nitrogens with zero attached hydrogens (tertiary/aromatic N) is 2. The Morgan fingerprint density at radius 2 is 1.92 bits per heavy atom. The van der Waals surface area contributed by atoms with E-state index in [1.165, 1.54) is 28.8 Å². The molecule has 0 fully saturated rings. The number of para-hydroxylation sites is 1. The molecule has 0 saturated carbocycles. The van der Waals surface area contributed by atoms with Crippen LogP contribution in [0, 0.1) is 10.1 Å². The number of ether oxygens (including phenoxy) is 1. The molecule has 2 rings (SSSR count). The number of imide groups is 1. The van der Waals surface area contributed by atoms with Crippen LogP contribution < -0.4 is 5.32 Å². The summed E-state index contributed by atoms with van der Waals surface area (Å²) in [5.41, 5.74) is -0.444. The minimum atomic E-state index is -1.02. The van der Waals surface area contributed by atoms with Gasteiger partial charge < -0.3 is 9.30 Å². The average molecular weight is 331 g/mol. The molecule has 24 heavy (non-hydrogen) atoms. The van der Waals surface area contributed by atoms with Crippen molar-refractivity contribution in [2.75, 3.05) is 6.61 Å². The van der Waals surface area contributed by atoms with E-state index in [9.17, 15) is 24.5 Å². The zero-order valence-electron chi connectivity index (χ0n) is 12.6. The monoisotopic (exact) mass is 331 g/mol. The lowest BCUT2D eigenvalue weighted by molar-refractivity contribution is -0.385. The quantitative estimate of drug-likeness (QED) is 0.496. The van der Waals surface area contributed by atoms with Gasteiger partial charge in [0.1, 0.15) is 11.3 Å². The maximum Gasteiger partial charge on any atom is 0.345 e. The highest BCUT2D eigenvalue weighted by Crippen LogP contribution is 2.18. The molecule has 0 aliphatic rings. The Kier molecular flexibility index (Phi) is 5.05. The Morgan fingerprint density at radius 3 is 2.54 bits per heavy atom. The van der Waals surface area contributed by atoms with Crippen LogP contribution in [0.3, 0.4) is 0 Å². The van der Waals surface area contributed by atoms with E-state index in [0.717, 1.165) is 6.07 Å². The third-order valence-electron chi connectivity index (χ3n) is 3.08. The summed E-state index contributed by atoms with van der Waals surface area (Å²) in [6, 6.07) is 8.35. The van der Waals surface area contributed by atoms with Crippen LogP contribution in [0.2, 0.25) is 0 Å². The fourth-order valence-electron chi connectivity index (χ4n) is 1.94. The molecule has 9 heteroatoms. The second-order valence-corrected chi connectivity index (χ2v) is 4.73. The molecule has 1 aromatic carbocycles. The van der Waals surface area contributed by atoms with E-state index in [-0.39, 0.29) is 11.3 Å². The molecular weight excluding hydrogens is 318 g/mol. The predicted molar refractivity (Wildman–Crippen MR) is 81.3 cm³/mol. The van der Waals surface area contributed by atoms with Crippen LogP contribution in [0.1, 0.15) is 20.8 Å². The Labute approximate surface area is 136 Å². The second kappa shape index (κ2) is 7.18. The predicted octanol–water partition coefficient (Wildman–Crippen LogP) is 1.05. The van der Waals surface area contributed by atoms with Crippen molar-refractivity contribution in [3.8, 4) is 0 Å². The van der Waals surface area contributed by atoms with E-state index in [2.05, 4.69) is 5.32 Å². The number of amides is 2. The van der Waals surface area contributed by atoms with Gasteiger partial charge in [-0.3, -0.25) is 25.0 Å². The van der Waals surface area contributed by atoms with Crippen LogP contribution in [0.15, 0.2) is 42.6 Å². The molecule has 2 aromatic rings. The van der Waals surface area contributed by atoms with Gasteiger partial charge in [0.05, 0.1) is 4.92 Å². The summed E-state index contributed by atoms with van der Waals surface area (Å²) in [5.74, 6) is -2.51. The SMILES string of the molecule is Cn1cccc1C(=O)NC(=O)COC(=O)c1ccccc1[N+](=O)[O-]. The molecule has 0 saturated heterocycles. The number of rotatable bonds is 5. The molecule has 0 radical (unpaired) electrons. The lowest BCUT2D eigenvalue weighted by Gasteiger charge is -2.06. The number of benzene rings is 1. The van der Waals surface area contributed by atoms with Crippen molar-refractivity contribution in [2.45, 2.75) is 0 Å². The topological polar surface area (TPSA) is 121 Å². The minimum Gasteiger partial charge on any atom is -0.452 e. The number of carbonyl (C=O) groups excluding carboxylic acids is 3. The average Bonchev–Trinajstić information content (AvgIpc) is 2.98. The van der Waals surface area contributed by atoms with Gasteiger partial charge in [0.25, 0.3) is 17.5 Å². The number of aromatic nitrogens is 1. The Balaban J connectivity index is 1.95. The fraction of sp³-hybridized carbons (Fsp3) is 0.133. The summed E-state index contributed by atoms with van der Waals surface area (Å²) in [7, 11) is 1.63. The van der Waals surface area contributed by atoms with Crippen molar-refractivity contribution in [3.63, 3.8) is 0 Å². The first-order valence-corrected chi connectivity index (χ1v) is 6.76. The standard InChI is InChI=1S/C15H13N3O6/c1-17-8-4-7-12(17)14(20)16-13(19)9-24-15(21)10-5-2-3-6-11(10)18(22)23/h2-8H,9H2,1H3,(H,16,19,20). The third kappa shape index (κ3) is 3.83. The van der Waals surface area contributed by atoms with E-state index in [1.54, 1.807) is 19.3 Å². The largest absolute Gasteiger partial charge is 0.452 e. The Morgan fingerprint density at radius 1 is 1.21 bits per heavy atom. The molecule has 0 atom stereocenters. The molecule has 0 spiro atoms. The maximum absolute atomic E-state index is 11.8. The van der Waals surface area contributed by atoms with Crippen LogP contribution in [0.5, 0.6) is 0 Å². The minimum absolute atomic E-state index is 0.258. The molecule has 0 aliphatic heterocycles. The number of hydrogen-bond acceptors (Lipinski definition) is 6. The Bertz CT molecular complexity index is 811. The number of hydrogen-bond donors (Lipinski definition) is 1. The highest BCUT2D eigenvalue weighted by Gasteiger charge is 2.21. The van der Waals surface area contributed by atoms with Gasteiger partial charge in [0.15, 0.2) is 6.61 Å². The van der Waals surface area contributed by atoms with Crippen molar-refractivity contribution in [3.05, 3.63) is 64.0 Å². The second-order valence-electron chi connectivity index (χ2n) is 4.73. The van der Waals surface area contributed by atoms with Gasteiger partial charge in [-0.1, -0.05) is 12.1 Å². The molecule has 2 amide bonds. The van der Waals surface area contributed by atoms with Crippen molar-refractivity contribution in [2.24, 2.45) is 7.05 Å². The van der Waals surface area contributed by atoms with E-state index >= 15 is 0 Å². The van der Waals surface area contributed by atoms with Gasteiger partial charge in [0.2, 0.25) is 0 Å². The first-order valence-electron chi connectivity index (χ1n) is 6.76. The zero-order valence-corrected chi connectivity index (χ0v) is 12.6.